The zero-order valence-corrected chi connectivity index (χ0v) is 10.5. The molecule has 1 aliphatic carbocycles. The Hall–Kier alpha value is -0.120. The highest BCUT2D eigenvalue weighted by Gasteiger charge is 2.50. The van der Waals surface area contributed by atoms with Crippen LogP contribution in [0.2, 0.25) is 0 Å². The highest BCUT2D eigenvalue weighted by atomic mass is 16.7. The summed E-state index contributed by atoms with van der Waals surface area (Å²) in [7, 11) is 3.26. The number of hydrogen-bond acceptors (Lipinski definition) is 3. The largest absolute Gasteiger partial charge is 0.389 e. The van der Waals surface area contributed by atoms with Gasteiger partial charge in [0.05, 0.1) is 5.60 Å². The first kappa shape index (κ1) is 12.9. The van der Waals surface area contributed by atoms with E-state index >= 15 is 0 Å². The van der Waals surface area contributed by atoms with Crippen LogP contribution in [0.15, 0.2) is 0 Å². The summed E-state index contributed by atoms with van der Waals surface area (Å²) in [5.74, 6) is 0.0521. The summed E-state index contributed by atoms with van der Waals surface area (Å²) in [4.78, 5) is 0. The lowest BCUT2D eigenvalue weighted by molar-refractivity contribution is -0.226. The predicted molar refractivity (Wildman–Crippen MR) is 59.6 cm³/mol. The van der Waals surface area contributed by atoms with Crippen LogP contribution in [-0.2, 0) is 9.47 Å². The Morgan fingerprint density at radius 3 is 2.20 bits per heavy atom. The van der Waals surface area contributed by atoms with E-state index in [1.54, 1.807) is 14.2 Å². The Morgan fingerprint density at radius 1 is 1.20 bits per heavy atom. The molecule has 0 aliphatic heterocycles. The molecule has 0 aromatic rings. The standard InChI is InChI=1S/C12H24O3/c1-11(2)8-6-7-9(12(11,3)13)10(14-4)15-5/h9-10,13H,6-8H2,1-5H3. The van der Waals surface area contributed by atoms with Crippen LogP contribution in [0.1, 0.15) is 40.0 Å². The van der Waals surface area contributed by atoms with Crippen LogP contribution in [0.5, 0.6) is 0 Å². The van der Waals surface area contributed by atoms with Gasteiger partial charge in [0.1, 0.15) is 0 Å². The van der Waals surface area contributed by atoms with Crippen molar-refractivity contribution in [3.8, 4) is 0 Å². The van der Waals surface area contributed by atoms with Crippen LogP contribution in [0.3, 0.4) is 0 Å². The number of hydrogen-bond donors (Lipinski definition) is 1. The van der Waals surface area contributed by atoms with Crippen LogP contribution >= 0.6 is 0 Å². The summed E-state index contributed by atoms with van der Waals surface area (Å²) in [5, 5.41) is 10.6. The molecule has 0 amide bonds. The third-order valence-corrected chi connectivity index (χ3v) is 4.20. The van der Waals surface area contributed by atoms with Crippen molar-refractivity contribution in [2.75, 3.05) is 14.2 Å². The van der Waals surface area contributed by atoms with E-state index in [9.17, 15) is 5.11 Å². The number of ether oxygens (including phenoxy) is 2. The summed E-state index contributed by atoms with van der Waals surface area (Å²) in [6, 6.07) is 0. The zero-order valence-electron chi connectivity index (χ0n) is 10.5. The molecule has 0 aromatic heterocycles. The molecule has 15 heavy (non-hydrogen) atoms. The summed E-state index contributed by atoms with van der Waals surface area (Å²) in [6.07, 6.45) is 2.83. The maximum Gasteiger partial charge on any atom is 0.162 e. The first-order chi connectivity index (χ1) is 6.86. The second-order valence-electron chi connectivity index (χ2n) is 5.37. The van der Waals surface area contributed by atoms with Gasteiger partial charge < -0.3 is 14.6 Å². The molecule has 1 aliphatic rings. The molecule has 0 radical (unpaired) electrons. The molecule has 1 saturated carbocycles. The van der Waals surface area contributed by atoms with Crippen LogP contribution in [-0.4, -0.2) is 31.2 Å². The van der Waals surface area contributed by atoms with E-state index < -0.39 is 5.60 Å². The normalized spacial score (nSPS) is 35.8. The van der Waals surface area contributed by atoms with Gasteiger partial charge in [-0.1, -0.05) is 20.3 Å². The monoisotopic (exact) mass is 216 g/mol. The van der Waals surface area contributed by atoms with Crippen molar-refractivity contribution < 1.29 is 14.6 Å². The van der Waals surface area contributed by atoms with Gasteiger partial charge in [0.25, 0.3) is 0 Å². The fraction of sp³-hybridized carbons (Fsp3) is 1.00. The summed E-state index contributed by atoms with van der Waals surface area (Å²) < 4.78 is 10.6. The van der Waals surface area contributed by atoms with Gasteiger partial charge in [-0.3, -0.25) is 0 Å². The molecule has 1 N–H and O–H groups in total. The molecule has 2 atom stereocenters. The molecule has 0 heterocycles. The predicted octanol–water partition coefficient (Wildman–Crippen LogP) is 2.18. The van der Waals surface area contributed by atoms with Gasteiger partial charge in [0.15, 0.2) is 6.29 Å². The topological polar surface area (TPSA) is 38.7 Å². The molecule has 0 spiro atoms. The fourth-order valence-corrected chi connectivity index (χ4v) is 2.63. The number of methoxy groups -OCH3 is 2. The van der Waals surface area contributed by atoms with Crippen LogP contribution < -0.4 is 0 Å². The quantitative estimate of drug-likeness (QED) is 0.735. The number of aliphatic hydroxyl groups is 1. The summed E-state index contributed by atoms with van der Waals surface area (Å²) >= 11 is 0. The molecule has 3 heteroatoms. The lowest BCUT2D eigenvalue weighted by Crippen LogP contribution is -2.55. The van der Waals surface area contributed by atoms with Gasteiger partial charge in [-0.15, -0.1) is 0 Å². The maximum atomic E-state index is 10.6. The smallest absolute Gasteiger partial charge is 0.162 e. The van der Waals surface area contributed by atoms with Gasteiger partial charge in [-0.05, 0) is 25.2 Å². The Morgan fingerprint density at radius 2 is 1.73 bits per heavy atom. The minimum atomic E-state index is -0.734. The van der Waals surface area contributed by atoms with E-state index in [0.29, 0.717) is 0 Å². The van der Waals surface area contributed by atoms with Crippen molar-refractivity contribution in [3.63, 3.8) is 0 Å². The van der Waals surface area contributed by atoms with Crippen molar-refractivity contribution in [1.29, 1.82) is 0 Å². The van der Waals surface area contributed by atoms with Gasteiger partial charge in [-0.25, -0.2) is 0 Å². The molecule has 3 nitrogen and oxygen atoms in total. The van der Waals surface area contributed by atoms with Crippen LogP contribution in [0, 0.1) is 11.3 Å². The van der Waals surface area contributed by atoms with Crippen LogP contribution in [0.25, 0.3) is 0 Å². The Kier molecular flexibility index (Phi) is 3.80. The second-order valence-corrected chi connectivity index (χ2v) is 5.37. The number of rotatable bonds is 3. The van der Waals surface area contributed by atoms with Crippen molar-refractivity contribution in [2.24, 2.45) is 11.3 Å². The second kappa shape index (κ2) is 4.40. The van der Waals surface area contributed by atoms with Crippen molar-refractivity contribution in [1.82, 2.24) is 0 Å². The maximum absolute atomic E-state index is 10.6. The molecule has 1 fully saturated rings. The molecule has 2 unspecified atom stereocenters. The molecule has 0 saturated heterocycles. The van der Waals surface area contributed by atoms with E-state index in [4.69, 9.17) is 9.47 Å². The third kappa shape index (κ3) is 2.19. The lowest BCUT2D eigenvalue weighted by atomic mass is 9.61. The van der Waals surface area contributed by atoms with Crippen LogP contribution in [0.4, 0.5) is 0 Å². The van der Waals surface area contributed by atoms with E-state index in [1.807, 2.05) is 6.92 Å². The van der Waals surface area contributed by atoms with E-state index in [1.165, 1.54) is 0 Å². The molecular weight excluding hydrogens is 192 g/mol. The van der Waals surface area contributed by atoms with E-state index in [0.717, 1.165) is 19.3 Å². The van der Waals surface area contributed by atoms with Crippen molar-refractivity contribution >= 4 is 0 Å². The highest BCUT2D eigenvalue weighted by Crippen LogP contribution is 2.48. The molecule has 90 valence electrons. The van der Waals surface area contributed by atoms with Gasteiger partial charge in [-0.2, -0.15) is 0 Å². The average Bonchev–Trinajstić information content (AvgIpc) is 2.14. The average molecular weight is 216 g/mol. The van der Waals surface area contributed by atoms with Crippen molar-refractivity contribution in [2.45, 2.75) is 51.9 Å². The first-order valence-electron chi connectivity index (χ1n) is 5.65. The van der Waals surface area contributed by atoms with E-state index in [-0.39, 0.29) is 17.6 Å². The Labute approximate surface area is 92.8 Å². The molecule has 0 aromatic carbocycles. The van der Waals surface area contributed by atoms with E-state index in [2.05, 4.69) is 13.8 Å². The Balaban J connectivity index is 2.88. The first-order valence-corrected chi connectivity index (χ1v) is 5.65. The van der Waals surface area contributed by atoms with Gasteiger partial charge in [0.2, 0.25) is 0 Å². The lowest BCUT2D eigenvalue weighted by Gasteiger charge is -2.51. The highest BCUT2D eigenvalue weighted by molar-refractivity contribution is 4.99. The summed E-state index contributed by atoms with van der Waals surface area (Å²) in [5.41, 5.74) is -0.812. The van der Waals surface area contributed by atoms with Crippen molar-refractivity contribution in [3.05, 3.63) is 0 Å². The SMILES string of the molecule is COC(OC)C1CCCC(C)(C)C1(C)O. The fourth-order valence-electron chi connectivity index (χ4n) is 2.63. The molecule has 0 bridgehead atoms. The Bertz CT molecular complexity index is 207. The van der Waals surface area contributed by atoms with Gasteiger partial charge in [0, 0.05) is 20.1 Å². The minimum Gasteiger partial charge on any atom is -0.389 e. The molecular formula is C12H24O3. The summed E-state index contributed by atoms with van der Waals surface area (Å²) in [6.45, 7) is 6.13. The molecule has 1 rings (SSSR count). The third-order valence-electron chi connectivity index (χ3n) is 4.20. The van der Waals surface area contributed by atoms with Gasteiger partial charge >= 0.3 is 0 Å². The minimum absolute atomic E-state index is 0.0521. The zero-order chi connectivity index (χ0) is 11.7.